The summed E-state index contributed by atoms with van der Waals surface area (Å²) in [5.74, 6) is 0.949. The number of hydrogen-bond donors (Lipinski definition) is 3. The van der Waals surface area contributed by atoms with Crippen molar-refractivity contribution in [2.24, 2.45) is 23.7 Å². The van der Waals surface area contributed by atoms with Gasteiger partial charge < -0.3 is 33.8 Å². The molecular formula is C72H140O17P2. The van der Waals surface area contributed by atoms with E-state index in [0.717, 1.165) is 114 Å². The molecule has 0 aliphatic carbocycles. The van der Waals surface area contributed by atoms with E-state index in [1.165, 1.54) is 161 Å². The molecule has 19 heteroatoms. The van der Waals surface area contributed by atoms with E-state index in [2.05, 4.69) is 55.4 Å². The number of rotatable bonds is 69. The first-order chi connectivity index (χ1) is 43.7. The van der Waals surface area contributed by atoms with Crippen molar-refractivity contribution in [2.75, 3.05) is 39.6 Å². The normalized spacial score (nSPS) is 14.8. The van der Waals surface area contributed by atoms with E-state index < -0.39 is 97.5 Å². The molecule has 0 fully saturated rings. The van der Waals surface area contributed by atoms with Gasteiger partial charge in [-0.25, -0.2) is 9.13 Å². The smallest absolute Gasteiger partial charge is 0.462 e. The molecule has 0 aromatic rings. The third kappa shape index (κ3) is 63.9. The lowest BCUT2D eigenvalue weighted by atomic mass is 9.99. The molecule has 0 bridgehead atoms. The summed E-state index contributed by atoms with van der Waals surface area (Å²) in [6.45, 7) is 14.2. The molecule has 0 spiro atoms. The summed E-state index contributed by atoms with van der Waals surface area (Å²) in [7, 11) is -9.91. The Morgan fingerprint density at radius 1 is 0.308 bits per heavy atom. The number of aliphatic hydroxyl groups excluding tert-OH is 1. The Morgan fingerprint density at radius 2 is 0.527 bits per heavy atom. The van der Waals surface area contributed by atoms with Gasteiger partial charge in [0.2, 0.25) is 0 Å². The van der Waals surface area contributed by atoms with Crippen molar-refractivity contribution in [1.82, 2.24) is 0 Å². The van der Waals surface area contributed by atoms with Crippen LogP contribution in [0.5, 0.6) is 0 Å². The van der Waals surface area contributed by atoms with E-state index in [1.807, 2.05) is 0 Å². The summed E-state index contributed by atoms with van der Waals surface area (Å²) in [5.41, 5.74) is 0. The summed E-state index contributed by atoms with van der Waals surface area (Å²) in [6.07, 6.45) is 44.2. The first-order valence-corrected chi connectivity index (χ1v) is 40.3. The number of carbonyl (C=O) groups excluding carboxylic acids is 4. The highest BCUT2D eigenvalue weighted by Gasteiger charge is 2.30. The third-order valence-electron chi connectivity index (χ3n) is 17.3. The number of phosphoric ester groups is 2. The number of unbranched alkanes of at least 4 members (excludes halogenated alkanes) is 33. The van der Waals surface area contributed by atoms with E-state index in [4.69, 9.17) is 37.0 Å². The second-order valence-electron chi connectivity index (χ2n) is 27.4. The van der Waals surface area contributed by atoms with Crippen molar-refractivity contribution in [3.8, 4) is 0 Å². The van der Waals surface area contributed by atoms with Gasteiger partial charge in [0.1, 0.15) is 19.3 Å². The minimum absolute atomic E-state index is 0.104. The van der Waals surface area contributed by atoms with Gasteiger partial charge in [-0.1, -0.05) is 306 Å². The minimum Gasteiger partial charge on any atom is -0.462 e. The lowest BCUT2D eigenvalue weighted by Gasteiger charge is -2.21. The second kappa shape index (κ2) is 61.6. The number of ether oxygens (including phenoxy) is 4. The van der Waals surface area contributed by atoms with Crippen LogP contribution in [0.1, 0.15) is 357 Å². The Balaban J connectivity index is 5.28. The molecule has 91 heavy (non-hydrogen) atoms. The van der Waals surface area contributed by atoms with Crippen LogP contribution in [0.4, 0.5) is 0 Å². The van der Waals surface area contributed by atoms with Gasteiger partial charge in [-0.05, 0) is 49.4 Å². The SMILES string of the molecule is CCC(C)CCCCCCCCCCCCC(=O)O[C@H](COC(=O)CCCCCCCCCCCCC(C)C)COP(=O)(O)OC[C@@H](O)COP(=O)(O)OC[C@@H](COC(=O)CCCCCCCCCCC(C)CC)OC(=O)CCCCCCCCCCCC(C)C. The van der Waals surface area contributed by atoms with Gasteiger partial charge in [0.25, 0.3) is 0 Å². The van der Waals surface area contributed by atoms with Gasteiger partial charge in [-0.2, -0.15) is 0 Å². The average molecular weight is 1340 g/mol. The summed E-state index contributed by atoms with van der Waals surface area (Å²) >= 11 is 0. The van der Waals surface area contributed by atoms with Crippen LogP contribution in [0.3, 0.4) is 0 Å². The third-order valence-corrected chi connectivity index (χ3v) is 19.2. The van der Waals surface area contributed by atoms with Crippen molar-refractivity contribution in [1.29, 1.82) is 0 Å². The average Bonchev–Trinajstić information content (AvgIpc) is 3.70. The van der Waals surface area contributed by atoms with Crippen LogP contribution in [0.2, 0.25) is 0 Å². The molecule has 0 rings (SSSR count). The lowest BCUT2D eigenvalue weighted by molar-refractivity contribution is -0.161. The van der Waals surface area contributed by atoms with Gasteiger partial charge >= 0.3 is 39.5 Å². The van der Waals surface area contributed by atoms with Crippen molar-refractivity contribution >= 4 is 39.5 Å². The van der Waals surface area contributed by atoms with Crippen LogP contribution in [-0.4, -0.2) is 96.7 Å². The van der Waals surface area contributed by atoms with Crippen LogP contribution in [0.15, 0.2) is 0 Å². The van der Waals surface area contributed by atoms with Crippen molar-refractivity contribution in [3.63, 3.8) is 0 Å². The van der Waals surface area contributed by atoms with Crippen molar-refractivity contribution in [3.05, 3.63) is 0 Å². The number of hydrogen-bond acceptors (Lipinski definition) is 15. The molecule has 0 radical (unpaired) electrons. The molecule has 3 N–H and O–H groups in total. The number of phosphoric acid groups is 2. The Hall–Kier alpha value is -1.94. The van der Waals surface area contributed by atoms with Crippen LogP contribution in [0, 0.1) is 23.7 Å². The van der Waals surface area contributed by atoms with Crippen molar-refractivity contribution < 1.29 is 80.2 Å². The molecule has 0 saturated heterocycles. The quantitative estimate of drug-likeness (QED) is 0.0222. The van der Waals surface area contributed by atoms with Crippen LogP contribution in [0.25, 0.3) is 0 Å². The summed E-state index contributed by atoms with van der Waals surface area (Å²) in [4.78, 5) is 72.7. The standard InChI is InChI=1S/C72H140O17P2/c1-9-64(7)50-42-34-26-18-12-14-20-30-38-46-54-71(76)88-67(58-82-69(74)52-44-36-28-19-13-11-16-24-32-40-48-62(3)4)60-86-90(78,79)84-56-66(73)57-85-91(80,81)87-61-68(89-72(77)55-47-39-31-21-15-17-25-33-41-49-63(5)6)59-83-70(75)53-45-37-29-23-22-27-35-43-51-65(8)10-2/h62-68,73H,9-61H2,1-8H3,(H,78,79)(H,80,81)/t64?,65?,66-,67-,68-/m1/s1. The molecule has 4 unspecified atom stereocenters. The summed E-state index contributed by atoms with van der Waals surface area (Å²) < 4.78 is 68.4. The van der Waals surface area contributed by atoms with Gasteiger partial charge in [0.05, 0.1) is 26.4 Å². The van der Waals surface area contributed by atoms with E-state index in [1.54, 1.807) is 0 Å². The molecule has 0 aromatic carbocycles. The maximum Gasteiger partial charge on any atom is 0.472 e. The largest absolute Gasteiger partial charge is 0.472 e. The number of esters is 4. The Labute approximate surface area is 556 Å². The van der Waals surface area contributed by atoms with E-state index in [9.17, 15) is 43.2 Å². The Morgan fingerprint density at radius 3 is 0.780 bits per heavy atom. The highest BCUT2D eigenvalue weighted by Crippen LogP contribution is 2.45. The molecule has 7 atom stereocenters. The molecule has 0 aromatic heterocycles. The maximum atomic E-state index is 13.0. The second-order valence-corrected chi connectivity index (χ2v) is 30.3. The number of aliphatic hydroxyl groups is 1. The minimum atomic E-state index is -4.95. The van der Waals surface area contributed by atoms with Crippen LogP contribution < -0.4 is 0 Å². The Kier molecular flexibility index (Phi) is 60.3. The van der Waals surface area contributed by atoms with Crippen molar-refractivity contribution in [2.45, 2.75) is 375 Å². The molecular weight excluding hydrogens is 1200 g/mol. The summed E-state index contributed by atoms with van der Waals surface area (Å²) in [5, 5.41) is 10.6. The van der Waals surface area contributed by atoms with E-state index in [-0.39, 0.29) is 25.7 Å². The topological polar surface area (TPSA) is 237 Å². The molecule has 0 heterocycles. The first kappa shape index (κ1) is 89.1. The van der Waals surface area contributed by atoms with E-state index in [0.29, 0.717) is 25.7 Å². The molecule has 0 aliphatic heterocycles. The molecule has 540 valence electrons. The van der Waals surface area contributed by atoms with Gasteiger partial charge in [-0.3, -0.25) is 37.3 Å². The fourth-order valence-corrected chi connectivity index (χ4v) is 12.4. The molecule has 0 saturated carbocycles. The van der Waals surface area contributed by atoms with Gasteiger partial charge in [-0.15, -0.1) is 0 Å². The van der Waals surface area contributed by atoms with Crippen LogP contribution >= 0.6 is 15.6 Å². The Bertz CT molecular complexity index is 1800. The number of carbonyl (C=O) groups is 4. The zero-order valence-electron chi connectivity index (χ0n) is 59.5. The van der Waals surface area contributed by atoms with E-state index >= 15 is 0 Å². The molecule has 0 aliphatic rings. The predicted octanol–water partition coefficient (Wildman–Crippen LogP) is 20.5. The fourth-order valence-electron chi connectivity index (χ4n) is 10.8. The zero-order chi connectivity index (χ0) is 67.5. The monoisotopic (exact) mass is 1340 g/mol. The van der Waals surface area contributed by atoms with Gasteiger partial charge in [0.15, 0.2) is 12.2 Å². The zero-order valence-corrected chi connectivity index (χ0v) is 61.3. The predicted molar refractivity (Wildman–Crippen MR) is 367 cm³/mol. The first-order valence-electron chi connectivity index (χ1n) is 37.3. The fraction of sp³-hybridized carbons (Fsp3) is 0.944. The molecule has 0 amide bonds. The van der Waals surface area contributed by atoms with Crippen LogP contribution in [-0.2, 0) is 65.4 Å². The highest BCUT2D eigenvalue weighted by atomic mass is 31.2. The van der Waals surface area contributed by atoms with Gasteiger partial charge in [0, 0.05) is 25.7 Å². The lowest BCUT2D eigenvalue weighted by Crippen LogP contribution is -2.30. The maximum absolute atomic E-state index is 13.0. The molecule has 17 nitrogen and oxygen atoms in total. The summed E-state index contributed by atoms with van der Waals surface area (Å²) in [6, 6.07) is 0. The highest BCUT2D eigenvalue weighted by molar-refractivity contribution is 7.47.